The Hall–Kier alpha value is -2.21. The van der Waals surface area contributed by atoms with Crippen LogP contribution in [-0.4, -0.2) is 62.7 Å². The molecular weight excluding hydrogens is 366 g/mol. The first kappa shape index (κ1) is 21.5. The summed E-state index contributed by atoms with van der Waals surface area (Å²) in [5.41, 5.74) is 3.33. The van der Waals surface area contributed by atoms with Crippen LogP contribution in [0.3, 0.4) is 0 Å². The van der Waals surface area contributed by atoms with Crippen molar-refractivity contribution >= 4 is 6.41 Å². The predicted molar refractivity (Wildman–Crippen MR) is 115 cm³/mol. The number of amides is 1. The maximum atomic E-state index is 12.0. The lowest BCUT2D eigenvalue weighted by Crippen LogP contribution is -2.58. The summed E-state index contributed by atoms with van der Waals surface area (Å²) in [4.78, 5) is 16.3. The Balaban J connectivity index is 2.00. The number of rotatable bonds is 6. The van der Waals surface area contributed by atoms with Crippen LogP contribution in [0.5, 0.6) is 11.5 Å². The summed E-state index contributed by atoms with van der Waals surface area (Å²) in [5, 5.41) is 3.72. The third kappa shape index (κ3) is 4.22. The zero-order valence-electron chi connectivity index (χ0n) is 18.5. The number of benzene rings is 1. The molecule has 0 bridgehead atoms. The number of allylic oxidation sites excluding steroid dienone is 1. The van der Waals surface area contributed by atoms with Gasteiger partial charge in [-0.2, -0.15) is 0 Å². The molecule has 1 saturated heterocycles. The third-order valence-corrected chi connectivity index (χ3v) is 6.51. The Morgan fingerprint density at radius 3 is 2.59 bits per heavy atom. The van der Waals surface area contributed by atoms with E-state index >= 15 is 0 Å². The number of nitrogens with one attached hydrogen (secondary N) is 1. The van der Waals surface area contributed by atoms with E-state index in [0.717, 1.165) is 50.3 Å². The van der Waals surface area contributed by atoms with E-state index in [0.29, 0.717) is 19.0 Å². The van der Waals surface area contributed by atoms with Crippen LogP contribution in [0.2, 0.25) is 0 Å². The number of carbonyl (C=O) groups excluding carboxylic acids is 1. The first-order chi connectivity index (χ1) is 14.0. The summed E-state index contributed by atoms with van der Waals surface area (Å²) >= 11 is 0. The number of hydrogen-bond donors (Lipinski definition) is 1. The second kappa shape index (κ2) is 9.08. The molecule has 1 atom stereocenters. The molecule has 1 aromatic carbocycles. The molecule has 1 aromatic rings. The smallest absolute Gasteiger partial charge is 0.210 e. The highest BCUT2D eigenvalue weighted by atomic mass is 16.5. The molecule has 0 radical (unpaired) electrons. The van der Waals surface area contributed by atoms with Crippen molar-refractivity contribution in [2.75, 3.05) is 40.9 Å². The molecule has 1 N–H and O–H groups in total. The monoisotopic (exact) mass is 401 g/mol. The van der Waals surface area contributed by atoms with Crippen LogP contribution in [0.25, 0.3) is 0 Å². The van der Waals surface area contributed by atoms with Crippen molar-refractivity contribution in [3.8, 4) is 11.5 Å². The van der Waals surface area contributed by atoms with Gasteiger partial charge in [-0.05, 0) is 56.3 Å². The molecular formula is C23H35N3O3. The number of likely N-dealkylation sites (tertiary alicyclic amines) is 1. The van der Waals surface area contributed by atoms with Gasteiger partial charge >= 0.3 is 0 Å². The van der Waals surface area contributed by atoms with E-state index < -0.39 is 0 Å². The number of nitrogens with zero attached hydrogens (tertiary/aromatic N) is 2. The first-order valence-electron chi connectivity index (χ1n) is 10.6. The zero-order chi connectivity index (χ0) is 21.0. The average Bonchev–Trinajstić information content (AvgIpc) is 2.72. The van der Waals surface area contributed by atoms with E-state index in [9.17, 15) is 4.79 Å². The molecule has 2 aliphatic heterocycles. The summed E-state index contributed by atoms with van der Waals surface area (Å²) < 4.78 is 11.1. The van der Waals surface area contributed by atoms with E-state index in [4.69, 9.17) is 9.47 Å². The zero-order valence-corrected chi connectivity index (χ0v) is 18.5. The van der Waals surface area contributed by atoms with Crippen LogP contribution in [0.1, 0.15) is 37.8 Å². The third-order valence-electron chi connectivity index (χ3n) is 6.51. The fourth-order valence-corrected chi connectivity index (χ4v) is 4.78. The van der Waals surface area contributed by atoms with E-state index in [1.165, 1.54) is 16.8 Å². The second-order valence-corrected chi connectivity index (χ2v) is 8.31. The van der Waals surface area contributed by atoms with Crippen LogP contribution in [0.4, 0.5) is 0 Å². The summed E-state index contributed by atoms with van der Waals surface area (Å²) in [7, 11) is 5.55. The van der Waals surface area contributed by atoms with E-state index in [-0.39, 0.29) is 5.54 Å². The number of piperidine rings is 1. The van der Waals surface area contributed by atoms with Crippen molar-refractivity contribution < 1.29 is 14.3 Å². The number of carbonyl (C=O) groups is 1. The number of hydrogen-bond acceptors (Lipinski definition) is 5. The van der Waals surface area contributed by atoms with Crippen molar-refractivity contribution in [3.05, 3.63) is 35.0 Å². The van der Waals surface area contributed by atoms with Crippen molar-refractivity contribution in [2.24, 2.45) is 5.92 Å². The minimum Gasteiger partial charge on any atom is -0.497 e. The maximum Gasteiger partial charge on any atom is 0.210 e. The molecule has 0 spiro atoms. The molecule has 0 aliphatic carbocycles. The normalized spacial score (nSPS) is 23.5. The largest absolute Gasteiger partial charge is 0.497 e. The highest BCUT2D eigenvalue weighted by Gasteiger charge is 2.42. The van der Waals surface area contributed by atoms with Crippen LogP contribution in [0, 0.1) is 5.92 Å². The summed E-state index contributed by atoms with van der Waals surface area (Å²) in [6.45, 7) is 7.66. The van der Waals surface area contributed by atoms with Gasteiger partial charge < -0.3 is 24.6 Å². The molecule has 160 valence electrons. The highest BCUT2D eigenvalue weighted by Crippen LogP contribution is 2.38. The Bertz CT molecular complexity index is 754. The van der Waals surface area contributed by atoms with Gasteiger partial charge in [-0.15, -0.1) is 0 Å². The molecule has 1 amide bonds. The maximum absolute atomic E-state index is 12.0. The molecule has 2 aliphatic rings. The summed E-state index contributed by atoms with van der Waals surface area (Å²) in [6.07, 6.45) is 6.14. The number of ether oxygens (including phenoxy) is 2. The van der Waals surface area contributed by atoms with Gasteiger partial charge in [0.2, 0.25) is 6.41 Å². The van der Waals surface area contributed by atoms with Gasteiger partial charge in [0.25, 0.3) is 0 Å². The first-order valence-corrected chi connectivity index (χ1v) is 10.6. The Kier molecular flexibility index (Phi) is 6.73. The molecule has 0 saturated carbocycles. The van der Waals surface area contributed by atoms with Crippen molar-refractivity contribution in [1.82, 2.24) is 15.1 Å². The van der Waals surface area contributed by atoms with Crippen LogP contribution >= 0.6 is 0 Å². The van der Waals surface area contributed by atoms with Crippen molar-refractivity contribution in [1.29, 1.82) is 0 Å². The molecule has 3 rings (SSSR count). The molecule has 6 heteroatoms. The highest BCUT2D eigenvalue weighted by molar-refractivity contribution is 5.52. The van der Waals surface area contributed by atoms with Crippen LogP contribution < -0.4 is 14.8 Å². The number of fused-ring (bicyclic) bond motifs is 1. The molecule has 6 nitrogen and oxygen atoms in total. The Morgan fingerprint density at radius 1 is 1.28 bits per heavy atom. The summed E-state index contributed by atoms with van der Waals surface area (Å²) in [5.74, 6) is 2.00. The van der Waals surface area contributed by atoms with Gasteiger partial charge in [0.15, 0.2) is 0 Å². The lowest BCUT2D eigenvalue weighted by molar-refractivity contribution is -0.124. The molecule has 1 fully saturated rings. The Labute approximate surface area is 174 Å². The van der Waals surface area contributed by atoms with Crippen molar-refractivity contribution in [3.63, 3.8) is 0 Å². The van der Waals surface area contributed by atoms with Gasteiger partial charge in [-0.3, -0.25) is 4.79 Å². The van der Waals surface area contributed by atoms with E-state index in [1.54, 1.807) is 14.2 Å². The standard InChI is InChI=1S/C23H35N3O3/c1-6-26(16-27)23(7-9-25(3)10-8-23)22-12-17(2)11-20-18(15-24-22)13-19(28-4)14-21(20)29-5/h12-14,16-17,24H,6-11,15H2,1-5H3/b22-12-/t17-/m1/s1. The van der Waals surface area contributed by atoms with Crippen LogP contribution in [-0.2, 0) is 17.8 Å². The predicted octanol–water partition coefficient (Wildman–Crippen LogP) is 2.81. The van der Waals surface area contributed by atoms with Gasteiger partial charge in [-0.25, -0.2) is 0 Å². The van der Waals surface area contributed by atoms with Gasteiger partial charge in [0, 0.05) is 37.9 Å². The topological polar surface area (TPSA) is 54.0 Å². The average molecular weight is 402 g/mol. The Morgan fingerprint density at radius 2 is 2.00 bits per heavy atom. The second-order valence-electron chi connectivity index (χ2n) is 8.31. The molecule has 2 heterocycles. The van der Waals surface area contributed by atoms with Gasteiger partial charge in [-0.1, -0.05) is 13.0 Å². The van der Waals surface area contributed by atoms with E-state index in [1.807, 2.05) is 11.0 Å². The van der Waals surface area contributed by atoms with Crippen molar-refractivity contribution in [2.45, 2.75) is 45.2 Å². The summed E-state index contributed by atoms with van der Waals surface area (Å²) in [6, 6.07) is 4.06. The molecule has 29 heavy (non-hydrogen) atoms. The van der Waals surface area contributed by atoms with E-state index in [2.05, 4.69) is 43.3 Å². The minimum absolute atomic E-state index is 0.266. The minimum atomic E-state index is -0.266. The quantitative estimate of drug-likeness (QED) is 0.743. The van der Waals surface area contributed by atoms with Gasteiger partial charge in [0.05, 0.1) is 19.8 Å². The lowest BCUT2D eigenvalue weighted by Gasteiger charge is -2.48. The number of likely N-dealkylation sites (N-methyl/N-ethyl adjacent to an activating group) is 1. The number of methoxy groups -OCH3 is 2. The fraction of sp³-hybridized carbons (Fsp3) is 0.609. The van der Waals surface area contributed by atoms with Gasteiger partial charge in [0.1, 0.15) is 11.5 Å². The van der Waals surface area contributed by atoms with Crippen LogP contribution in [0.15, 0.2) is 23.9 Å². The fourth-order valence-electron chi connectivity index (χ4n) is 4.78. The lowest BCUT2D eigenvalue weighted by atomic mass is 9.80. The SMILES string of the molecule is CCN(C=O)C1(/C2=C/[C@H](C)Cc3c(cc(OC)cc3OC)CN2)CCN(C)CC1. The molecule has 0 unspecified atom stereocenters. The molecule has 0 aromatic heterocycles.